The average Bonchev–Trinajstić information content (AvgIpc) is 2.77. The fourth-order valence-corrected chi connectivity index (χ4v) is 3.27. The second kappa shape index (κ2) is 9.93. The molecule has 0 aliphatic carbocycles. The summed E-state index contributed by atoms with van der Waals surface area (Å²) in [5.74, 6) is -1.90. The summed E-state index contributed by atoms with van der Waals surface area (Å²) < 4.78 is 38.4. The van der Waals surface area contributed by atoms with E-state index in [-0.39, 0.29) is 18.2 Å². The molecule has 0 atom stereocenters. The molecule has 3 rings (SSSR count). The first-order valence-corrected chi connectivity index (χ1v) is 9.71. The molecule has 7 heteroatoms. The normalized spacial score (nSPS) is 11.2. The Morgan fingerprint density at radius 1 is 0.774 bits per heavy atom. The molecule has 4 nitrogen and oxygen atoms in total. The maximum absolute atomic E-state index is 12.8. The molecule has 3 aromatic carbocycles. The Morgan fingerprint density at radius 2 is 1.35 bits per heavy atom. The van der Waals surface area contributed by atoms with E-state index in [9.17, 15) is 22.8 Å². The lowest BCUT2D eigenvalue weighted by molar-refractivity contribution is -0.137. The fourth-order valence-electron chi connectivity index (χ4n) is 3.27. The molecule has 0 saturated carbocycles. The first-order chi connectivity index (χ1) is 14.8. The molecule has 0 aromatic heterocycles. The summed E-state index contributed by atoms with van der Waals surface area (Å²) in [6.45, 7) is 0.225. The maximum atomic E-state index is 12.8. The lowest BCUT2D eigenvalue weighted by Crippen LogP contribution is -2.36. The Hall–Kier alpha value is -3.61. The summed E-state index contributed by atoms with van der Waals surface area (Å²) in [4.78, 5) is 24.2. The number of halogens is 3. The highest BCUT2D eigenvalue weighted by molar-refractivity contribution is 6.39. The SMILES string of the molecule is O=C(NCCC(c1ccccc1)c1ccccc1)C(=O)Nc1cccc(C(F)(F)F)c1. The smallest absolute Gasteiger partial charge is 0.348 e. The standard InChI is InChI=1S/C24H21F3N2O2/c25-24(26,27)19-12-7-13-20(16-19)29-23(31)22(30)28-15-14-21(17-8-3-1-4-9-17)18-10-5-2-6-11-18/h1-13,16,21H,14-15H2,(H,28,30)(H,29,31). The third-order valence-electron chi connectivity index (χ3n) is 4.78. The van der Waals surface area contributed by atoms with Crippen molar-refractivity contribution >= 4 is 17.5 Å². The highest BCUT2D eigenvalue weighted by Gasteiger charge is 2.30. The van der Waals surface area contributed by atoms with Crippen LogP contribution in [0, 0.1) is 0 Å². The van der Waals surface area contributed by atoms with E-state index in [2.05, 4.69) is 10.6 Å². The lowest BCUT2D eigenvalue weighted by Gasteiger charge is -2.18. The molecule has 0 radical (unpaired) electrons. The van der Waals surface area contributed by atoms with Crippen molar-refractivity contribution in [3.05, 3.63) is 102 Å². The number of nitrogens with one attached hydrogen (secondary N) is 2. The van der Waals surface area contributed by atoms with Gasteiger partial charge >= 0.3 is 18.0 Å². The van der Waals surface area contributed by atoms with Crippen molar-refractivity contribution in [2.24, 2.45) is 0 Å². The van der Waals surface area contributed by atoms with Crippen LogP contribution in [0.15, 0.2) is 84.9 Å². The molecule has 0 fully saturated rings. The van der Waals surface area contributed by atoms with E-state index in [1.165, 1.54) is 12.1 Å². The summed E-state index contributed by atoms with van der Waals surface area (Å²) in [5, 5.41) is 4.75. The van der Waals surface area contributed by atoms with Gasteiger partial charge in [0.05, 0.1) is 5.56 Å². The second-order valence-electron chi connectivity index (χ2n) is 6.95. The highest BCUT2D eigenvalue weighted by atomic mass is 19.4. The minimum Gasteiger partial charge on any atom is -0.348 e. The third kappa shape index (κ3) is 6.18. The van der Waals surface area contributed by atoms with Gasteiger partial charge in [-0.05, 0) is 35.7 Å². The van der Waals surface area contributed by atoms with Gasteiger partial charge < -0.3 is 10.6 Å². The third-order valence-corrected chi connectivity index (χ3v) is 4.78. The van der Waals surface area contributed by atoms with Crippen LogP contribution in [0.1, 0.15) is 29.0 Å². The molecule has 0 heterocycles. The van der Waals surface area contributed by atoms with E-state index in [1.54, 1.807) is 0 Å². The van der Waals surface area contributed by atoms with E-state index >= 15 is 0 Å². The number of benzene rings is 3. The summed E-state index contributed by atoms with van der Waals surface area (Å²) in [6, 6.07) is 23.7. The number of anilines is 1. The topological polar surface area (TPSA) is 58.2 Å². The van der Waals surface area contributed by atoms with Crippen molar-refractivity contribution in [2.75, 3.05) is 11.9 Å². The second-order valence-corrected chi connectivity index (χ2v) is 6.95. The van der Waals surface area contributed by atoms with Crippen LogP contribution < -0.4 is 10.6 Å². The van der Waals surface area contributed by atoms with Crippen LogP contribution in [0.5, 0.6) is 0 Å². The van der Waals surface area contributed by atoms with E-state index in [4.69, 9.17) is 0 Å². The number of hydrogen-bond donors (Lipinski definition) is 2. The molecule has 0 bridgehead atoms. The number of hydrogen-bond acceptors (Lipinski definition) is 2. The molecule has 0 unspecified atom stereocenters. The molecule has 31 heavy (non-hydrogen) atoms. The Balaban J connectivity index is 1.60. The molecule has 2 N–H and O–H groups in total. The lowest BCUT2D eigenvalue weighted by atomic mass is 9.88. The van der Waals surface area contributed by atoms with Gasteiger partial charge in [0.15, 0.2) is 0 Å². The molecule has 0 aliphatic rings. The number of carbonyl (C=O) groups excluding carboxylic acids is 2. The monoisotopic (exact) mass is 426 g/mol. The number of rotatable bonds is 6. The van der Waals surface area contributed by atoms with Crippen molar-refractivity contribution in [1.82, 2.24) is 5.32 Å². The summed E-state index contributed by atoms with van der Waals surface area (Å²) in [7, 11) is 0. The summed E-state index contributed by atoms with van der Waals surface area (Å²) >= 11 is 0. The quantitative estimate of drug-likeness (QED) is 0.546. The largest absolute Gasteiger partial charge is 0.416 e. The van der Waals surface area contributed by atoms with Gasteiger partial charge in [-0.3, -0.25) is 9.59 Å². The minimum atomic E-state index is -4.53. The van der Waals surface area contributed by atoms with Gasteiger partial charge in [0, 0.05) is 18.2 Å². The zero-order valence-electron chi connectivity index (χ0n) is 16.5. The van der Waals surface area contributed by atoms with Crippen LogP contribution in [0.25, 0.3) is 0 Å². The molecule has 160 valence electrons. The van der Waals surface area contributed by atoms with Gasteiger partial charge in [-0.15, -0.1) is 0 Å². The Morgan fingerprint density at radius 3 is 1.90 bits per heavy atom. The molecule has 0 aliphatic heterocycles. The average molecular weight is 426 g/mol. The Labute approximate surface area is 178 Å². The first kappa shape index (κ1) is 22.1. The molecule has 0 spiro atoms. The van der Waals surface area contributed by atoms with Crippen LogP contribution >= 0.6 is 0 Å². The highest BCUT2D eigenvalue weighted by Crippen LogP contribution is 2.30. The summed E-state index contributed by atoms with van der Waals surface area (Å²) in [5.41, 5.74) is 1.16. The van der Waals surface area contributed by atoms with E-state index < -0.39 is 23.6 Å². The molecular formula is C24H21F3N2O2. The van der Waals surface area contributed by atoms with Gasteiger partial charge in [-0.2, -0.15) is 13.2 Å². The van der Waals surface area contributed by atoms with Crippen LogP contribution in [0.3, 0.4) is 0 Å². The fraction of sp³-hybridized carbons (Fsp3) is 0.167. The predicted octanol–water partition coefficient (Wildman–Crippen LogP) is 4.98. The number of carbonyl (C=O) groups is 2. The van der Waals surface area contributed by atoms with Gasteiger partial charge in [-0.25, -0.2) is 0 Å². The van der Waals surface area contributed by atoms with Gasteiger partial charge in [0.25, 0.3) is 0 Å². The molecule has 0 saturated heterocycles. The minimum absolute atomic E-state index is 0.0224. The molecule has 3 aromatic rings. The van der Waals surface area contributed by atoms with E-state index in [0.717, 1.165) is 23.3 Å². The number of amides is 2. The van der Waals surface area contributed by atoms with E-state index in [0.29, 0.717) is 6.42 Å². The van der Waals surface area contributed by atoms with Crippen LogP contribution in [0.4, 0.5) is 18.9 Å². The maximum Gasteiger partial charge on any atom is 0.416 e. The van der Waals surface area contributed by atoms with Gasteiger partial charge in [0.1, 0.15) is 0 Å². The zero-order chi connectivity index (χ0) is 22.3. The summed E-state index contributed by atoms with van der Waals surface area (Å²) in [6.07, 6.45) is -3.98. The number of alkyl halides is 3. The van der Waals surface area contributed by atoms with Crippen molar-refractivity contribution in [3.63, 3.8) is 0 Å². The van der Waals surface area contributed by atoms with Crippen LogP contribution in [-0.4, -0.2) is 18.4 Å². The van der Waals surface area contributed by atoms with Gasteiger partial charge in [0.2, 0.25) is 0 Å². The first-order valence-electron chi connectivity index (χ1n) is 9.71. The molecule has 2 amide bonds. The zero-order valence-corrected chi connectivity index (χ0v) is 16.5. The van der Waals surface area contributed by atoms with Crippen LogP contribution in [-0.2, 0) is 15.8 Å². The van der Waals surface area contributed by atoms with Crippen molar-refractivity contribution in [1.29, 1.82) is 0 Å². The Bertz CT molecular complexity index is 982. The van der Waals surface area contributed by atoms with Crippen LogP contribution in [0.2, 0.25) is 0 Å². The van der Waals surface area contributed by atoms with Gasteiger partial charge in [-0.1, -0.05) is 66.7 Å². The predicted molar refractivity (Wildman–Crippen MR) is 112 cm³/mol. The van der Waals surface area contributed by atoms with Crippen molar-refractivity contribution in [3.8, 4) is 0 Å². The molecular weight excluding hydrogens is 405 g/mol. The Kier molecular flexibility index (Phi) is 7.07. The van der Waals surface area contributed by atoms with Crippen molar-refractivity contribution in [2.45, 2.75) is 18.5 Å². The van der Waals surface area contributed by atoms with E-state index in [1.807, 2.05) is 60.7 Å². The van der Waals surface area contributed by atoms with Crippen molar-refractivity contribution < 1.29 is 22.8 Å².